The van der Waals surface area contributed by atoms with Gasteiger partial charge in [-0.15, -0.1) is 0 Å². The van der Waals surface area contributed by atoms with Crippen LogP contribution in [0.1, 0.15) is 0 Å². The van der Waals surface area contributed by atoms with Crippen LogP contribution in [-0.2, 0) is 157 Å². The summed E-state index contributed by atoms with van der Waals surface area (Å²) in [5.74, 6) is 0. The van der Waals surface area contributed by atoms with Crippen LogP contribution in [0.15, 0.2) is 0 Å². The van der Waals surface area contributed by atoms with E-state index >= 15 is 0 Å². The Kier molecular flexibility index (Phi) is 8240. The van der Waals surface area contributed by atoms with Crippen LogP contribution >= 0.6 is 0 Å². The van der Waals surface area contributed by atoms with Crippen molar-refractivity contribution in [1.82, 2.24) is 0 Å². The number of hydrogen-bond donors (Lipinski definition) is 0. The zero-order chi connectivity index (χ0) is 0. The third kappa shape index (κ3) is 256. The van der Waals surface area contributed by atoms with Gasteiger partial charge in [0, 0.05) is 0 Å². The van der Waals surface area contributed by atoms with Gasteiger partial charge in [-0.1, -0.05) is 0 Å². The third-order valence-corrected chi connectivity index (χ3v) is 0. The molecule has 0 N–H and O–H groups in total. The summed E-state index contributed by atoms with van der Waals surface area (Å²) in [5.41, 5.74) is 0. The molecule has 72 valence electrons. The van der Waals surface area contributed by atoms with Crippen LogP contribution in [-0.4, -0.2) is 0 Å². The summed E-state index contributed by atoms with van der Waals surface area (Å²) in [6.45, 7) is 0. The maximum atomic E-state index is 0. The fourth-order valence-electron chi connectivity index (χ4n) is 0. The minimum absolute atomic E-state index is 0. The molecule has 0 aliphatic rings. The second-order valence-electron chi connectivity index (χ2n) is 0. The summed E-state index contributed by atoms with van der Waals surface area (Å²) >= 11 is 0. The Labute approximate surface area is 154 Å². The minimum Gasteiger partial charge on any atom is -2.00 e. The Balaban J connectivity index is 0. The first-order chi connectivity index (χ1) is 0. The van der Waals surface area contributed by atoms with E-state index in [0.717, 1.165) is 0 Å². The van der Waals surface area contributed by atoms with Gasteiger partial charge in [0.2, 0.25) is 0 Å². The molecule has 0 saturated heterocycles. The third-order valence-electron chi connectivity index (χ3n) is 0. The zero-order valence-corrected chi connectivity index (χ0v) is 15.3. The minimum atomic E-state index is 0. The van der Waals surface area contributed by atoms with Gasteiger partial charge in [-0.2, -0.15) is 0 Å². The Morgan fingerprint density at radius 3 is 0.231 bits per heavy atom. The molecule has 0 rings (SSSR count). The molecule has 0 bridgehead atoms. The van der Waals surface area contributed by atoms with Gasteiger partial charge < -0.3 is 49.3 Å². The van der Waals surface area contributed by atoms with Crippen LogP contribution in [0.5, 0.6) is 0 Å². The fourth-order valence-corrected chi connectivity index (χ4v) is 0. The first-order valence-corrected chi connectivity index (χ1v) is 0. The van der Waals surface area contributed by atoms with Crippen molar-refractivity contribution in [2.45, 2.75) is 0 Å². The Hall–Kier alpha value is 3.22. The van der Waals surface area contributed by atoms with Crippen molar-refractivity contribution in [2.24, 2.45) is 0 Å². The van der Waals surface area contributed by atoms with Crippen LogP contribution < -0.4 is 0 Å². The molecule has 0 heterocycles. The number of rotatable bonds is 0. The van der Waals surface area contributed by atoms with E-state index in [1.807, 2.05) is 0 Å². The van der Waals surface area contributed by atoms with Crippen molar-refractivity contribution < 1.29 is 157 Å². The average Bonchev–Trinajstić information content (AvgIpc) is 0. The van der Waals surface area contributed by atoms with Gasteiger partial charge in [-0.05, 0) is 0 Å². The SMILES string of the molecule is [Mo+6].[Mo+6].[O-2].[O-2].[O-2].[O-2].[O-2].[O-2].[O-2].[O-2].[O-2].[Y+3].[Y+3]. The molecule has 0 unspecified atom stereocenters. The van der Waals surface area contributed by atoms with Crippen molar-refractivity contribution in [3.63, 3.8) is 0 Å². The van der Waals surface area contributed by atoms with E-state index in [1.54, 1.807) is 0 Å². The predicted octanol–water partition coefficient (Wildman–Crippen LogP) is -1.08. The molecule has 0 saturated carbocycles. The van der Waals surface area contributed by atoms with E-state index in [-0.39, 0.29) is 157 Å². The summed E-state index contributed by atoms with van der Waals surface area (Å²) in [5, 5.41) is 0. The monoisotopic (exact) mass is 518 g/mol. The van der Waals surface area contributed by atoms with E-state index in [2.05, 4.69) is 0 Å². The molecule has 0 aliphatic heterocycles. The standard InChI is InChI=1S/2Mo.9O.2Y/q2*+6;9*-2;2*+3. The molecular weight excluding hydrogens is 514 g/mol. The molecule has 0 fully saturated rings. The van der Waals surface area contributed by atoms with Gasteiger partial charge in [-0.25, -0.2) is 0 Å². The van der Waals surface area contributed by atoms with E-state index in [4.69, 9.17) is 0 Å². The largest absolute Gasteiger partial charge is 6.00 e. The molecule has 0 aliphatic carbocycles. The maximum absolute atomic E-state index is 0. The van der Waals surface area contributed by atoms with E-state index in [0.29, 0.717) is 0 Å². The Morgan fingerprint density at radius 1 is 0.231 bits per heavy atom. The summed E-state index contributed by atoms with van der Waals surface area (Å²) in [7, 11) is 0. The van der Waals surface area contributed by atoms with Crippen molar-refractivity contribution >= 4 is 0 Å². The maximum Gasteiger partial charge on any atom is 6.00 e. The summed E-state index contributed by atoms with van der Waals surface area (Å²) in [6.07, 6.45) is 0. The molecular formula is Mo2O9Y2. The topological polar surface area (TPSA) is 256 Å². The summed E-state index contributed by atoms with van der Waals surface area (Å²) < 4.78 is 0. The van der Waals surface area contributed by atoms with Gasteiger partial charge in [-0.3, -0.25) is 0 Å². The second kappa shape index (κ2) is 296. The van der Waals surface area contributed by atoms with Gasteiger partial charge >= 0.3 is 108 Å². The molecule has 0 aromatic rings. The van der Waals surface area contributed by atoms with Crippen molar-refractivity contribution in [2.75, 3.05) is 0 Å². The van der Waals surface area contributed by atoms with E-state index in [9.17, 15) is 0 Å². The normalized spacial score (nSPS) is 0. The van der Waals surface area contributed by atoms with Crippen molar-refractivity contribution in [3.8, 4) is 0 Å². The van der Waals surface area contributed by atoms with Gasteiger partial charge in [0.25, 0.3) is 0 Å². The Bertz CT molecular complexity index is 15.6. The molecule has 0 aromatic carbocycles. The van der Waals surface area contributed by atoms with Gasteiger partial charge in [0.1, 0.15) is 0 Å². The van der Waals surface area contributed by atoms with Crippen LogP contribution in [0, 0.1) is 0 Å². The van der Waals surface area contributed by atoms with Crippen LogP contribution in [0.4, 0.5) is 0 Å². The molecule has 13 heavy (non-hydrogen) atoms. The second-order valence-corrected chi connectivity index (χ2v) is 0. The summed E-state index contributed by atoms with van der Waals surface area (Å²) in [6, 6.07) is 0. The van der Waals surface area contributed by atoms with Crippen molar-refractivity contribution in [3.05, 3.63) is 0 Å². The molecule has 0 atom stereocenters. The molecule has 0 spiro atoms. The van der Waals surface area contributed by atoms with E-state index < -0.39 is 0 Å². The molecule has 0 radical (unpaired) electrons. The molecule has 0 aromatic heterocycles. The molecule has 13 heteroatoms. The van der Waals surface area contributed by atoms with Gasteiger partial charge in [0.15, 0.2) is 0 Å². The van der Waals surface area contributed by atoms with Crippen LogP contribution in [0.25, 0.3) is 0 Å². The first kappa shape index (κ1) is 362. The summed E-state index contributed by atoms with van der Waals surface area (Å²) in [4.78, 5) is 0. The van der Waals surface area contributed by atoms with Crippen molar-refractivity contribution in [1.29, 1.82) is 0 Å². The first-order valence-electron chi connectivity index (χ1n) is 0. The smallest absolute Gasteiger partial charge is 2.00 e. The number of hydrogen-bond acceptors (Lipinski definition) is 0. The quantitative estimate of drug-likeness (QED) is 0.350. The molecule has 0 amide bonds. The van der Waals surface area contributed by atoms with Crippen LogP contribution in [0.2, 0.25) is 0 Å². The van der Waals surface area contributed by atoms with E-state index in [1.165, 1.54) is 0 Å². The molecule has 9 nitrogen and oxygen atoms in total. The Morgan fingerprint density at radius 2 is 0.231 bits per heavy atom. The fraction of sp³-hybridized carbons (Fsp3) is 0. The van der Waals surface area contributed by atoms with Gasteiger partial charge in [0.05, 0.1) is 0 Å². The average molecular weight is 514 g/mol. The zero-order valence-electron chi connectivity index (χ0n) is 5.65. The van der Waals surface area contributed by atoms with Crippen LogP contribution in [0.3, 0.4) is 0 Å². The predicted molar refractivity (Wildman–Crippen MR) is 6.18 cm³/mol.